The van der Waals surface area contributed by atoms with E-state index in [0.717, 1.165) is 12.1 Å². The molecule has 4 saturated heterocycles. The van der Waals surface area contributed by atoms with Crippen molar-refractivity contribution in [1.29, 1.82) is 0 Å². The van der Waals surface area contributed by atoms with E-state index in [2.05, 4.69) is 0 Å². The third kappa shape index (κ3) is 9.19. The number of benzene rings is 2. The Kier molecular flexibility index (Phi) is 14.1. The summed E-state index contributed by atoms with van der Waals surface area (Å²) in [6.07, 6.45) is -35.1. The zero-order valence-electron chi connectivity index (χ0n) is 33.3. The Morgan fingerprint density at radius 1 is 0.571 bits per heavy atom. The monoisotopic (exact) mass is 902 g/mol. The summed E-state index contributed by atoms with van der Waals surface area (Å²) in [5, 5.41) is 148. The summed E-state index contributed by atoms with van der Waals surface area (Å²) >= 11 is 0. The molecule has 0 saturated carbocycles. The van der Waals surface area contributed by atoms with Crippen LogP contribution >= 0.6 is 0 Å². The van der Waals surface area contributed by atoms with Crippen molar-refractivity contribution in [2.75, 3.05) is 13.2 Å². The molecule has 24 nitrogen and oxygen atoms in total. The minimum absolute atomic E-state index is 0.109. The minimum Gasteiger partial charge on any atom is -0.508 e. The third-order valence-electron chi connectivity index (χ3n) is 11.4. The quantitative estimate of drug-likeness (QED) is 0.0859. The number of aromatic hydroxyl groups is 3. The molecule has 1 aromatic heterocycles. The predicted octanol–water partition coefficient (Wildman–Crippen LogP) is -4.72. The first-order chi connectivity index (χ1) is 29.8. The smallest absolute Gasteiger partial charge is 0.239 e. The number of rotatable bonds is 11. The van der Waals surface area contributed by atoms with Gasteiger partial charge in [-0.1, -0.05) is 0 Å². The van der Waals surface area contributed by atoms with Gasteiger partial charge >= 0.3 is 0 Å². The van der Waals surface area contributed by atoms with Crippen molar-refractivity contribution in [3.8, 4) is 34.3 Å². The normalized spacial score (nSPS) is 41.1. The fourth-order valence-electron chi connectivity index (χ4n) is 7.68. The maximum absolute atomic E-state index is 14.1. The SMILES string of the molecule is CC1OC(OCC2OC(OC3C(O)C(C)OC(OC4C(Oc5c(-c6ccc(O)cc6)oc6cc(O)cc(O)c6c5=O)OC(CO)C(O)C4O)C3O)C(O)C(O)C2O)C(O)C(O)C1O. The number of fused-ring (bicyclic) bond motifs is 1. The van der Waals surface area contributed by atoms with Crippen molar-refractivity contribution < 1.29 is 114 Å². The lowest BCUT2D eigenvalue weighted by molar-refractivity contribution is -0.380. The van der Waals surface area contributed by atoms with Crippen molar-refractivity contribution in [3.63, 3.8) is 0 Å². The topological polar surface area (TPSA) is 387 Å². The predicted molar refractivity (Wildman–Crippen MR) is 202 cm³/mol. The standard InChI is InChI=1S/C39H50O24/c1-11-21(44)26(49)29(52)36(56-11)55-10-19-24(47)27(50)30(53)37(60-19)61-33-22(45)12(2)57-38(31(33)54)63-35-28(51)23(46)18(9-40)59-39(35)62-34-25(48)20-16(43)7-15(42)8-17(20)58-32(34)13-3-5-14(41)6-4-13/h3-8,11-12,18-19,21-24,26-31,33,35-47,49-54H,9-10H2,1-2H3. The number of aliphatic hydroxyl groups excluding tert-OH is 11. The van der Waals surface area contributed by atoms with Crippen LogP contribution in [0, 0.1) is 0 Å². The number of hydrogen-bond donors (Lipinski definition) is 14. The number of phenols is 3. The molecule has 24 heteroatoms. The van der Waals surface area contributed by atoms with Crippen LogP contribution in [0.25, 0.3) is 22.3 Å². The Bertz CT molecular complexity index is 2090. The summed E-state index contributed by atoms with van der Waals surface area (Å²) < 4.78 is 51.7. The van der Waals surface area contributed by atoms with Crippen molar-refractivity contribution in [3.05, 3.63) is 46.6 Å². The second-order valence-corrected chi connectivity index (χ2v) is 15.7. The molecule has 0 radical (unpaired) electrons. The average molecular weight is 903 g/mol. The Morgan fingerprint density at radius 2 is 1.14 bits per heavy atom. The van der Waals surface area contributed by atoms with Crippen molar-refractivity contribution in [2.24, 2.45) is 0 Å². The highest BCUT2D eigenvalue weighted by Gasteiger charge is 2.54. The van der Waals surface area contributed by atoms with Gasteiger partial charge in [0, 0.05) is 17.7 Å². The first kappa shape index (κ1) is 47.1. The summed E-state index contributed by atoms with van der Waals surface area (Å²) in [5.74, 6) is -2.41. The van der Waals surface area contributed by atoms with Gasteiger partial charge in [-0.15, -0.1) is 0 Å². The van der Waals surface area contributed by atoms with E-state index in [1.807, 2.05) is 0 Å². The first-order valence-electron chi connectivity index (χ1n) is 19.8. The molecule has 0 amide bonds. The minimum atomic E-state index is -2.09. The molecule has 20 atom stereocenters. The van der Waals surface area contributed by atoms with E-state index in [9.17, 15) is 76.3 Å². The zero-order valence-corrected chi connectivity index (χ0v) is 33.3. The average Bonchev–Trinajstić information content (AvgIpc) is 3.24. The highest BCUT2D eigenvalue weighted by molar-refractivity contribution is 5.88. The number of ether oxygens (including phenoxy) is 8. The Balaban J connectivity index is 1.14. The first-order valence-corrected chi connectivity index (χ1v) is 19.8. The highest BCUT2D eigenvalue weighted by atomic mass is 16.8. The van der Waals surface area contributed by atoms with E-state index in [0.29, 0.717) is 0 Å². The molecule has 0 spiro atoms. The molecule has 5 heterocycles. The summed E-state index contributed by atoms with van der Waals surface area (Å²) in [6, 6.07) is 7.04. The van der Waals surface area contributed by atoms with Gasteiger partial charge in [-0.3, -0.25) is 4.79 Å². The molecule has 7 rings (SSSR count). The van der Waals surface area contributed by atoms with Crippen LogP contribution in [0.4, 0.5) is 0 Å². The Labute approximate surface area is 355 Å². The van der Waals surface area contributed by atoms with E-state index in [-0.39, 0.29) is 22.7 Å². The molecule has 0 aliphatic carbocycles. The van der Waals surface area contributed by atoms with Crippen LogP contribution in [-0.2, 0) is 33.2 Å². The molecule has 63 heavy (non-hydrogen) atoms. The molecule has 4 fully saturated rings. The van der Waals surface area contributed by atoms with Crippen LogP contribution in [0.5, 0.6) is 23.0 Å². The van der Waals surface area contributed by atoms with Gasteiger partial charge in [0.25, 0.3) is 0 Å². The molecule has 20 unspecified atom stereocenters. The molecule has 3 aromatic rings. The van der Waals surface area contributed by atoms with E-state index >= 15 is 0 Å². The van der Waals surface area contributed by atoms with Gasteiger partial charge in [0.05, 0.1) is 25.4 Å². The lowest BCUT2D eigenvalue weighted by atomic mass is 9.96. The number of aliphatic hydroxyl groups is 11. The van der Waals surface area contributed by atoms with Gasteiger partial charge in [-0.05, 0) is 38.1 Å². The second-order valence-electron chi connectivity index (χ2n) is 15.7. The molecule has 0 bridgehead atoms. The lowest BCUT2D eigenvalue weighted by Gasteiger charge is -2.48. The highest BCUT2D eigenvalue weighted by Crippen LogP contribution is 2.39. The van der Waals surface area contributed by atoms with Crippen molar-refractivity contribution >= 4 is 11.0 Å². The van der Waals surface area contributed by atoms with Crippen LogP contribution in [-0.4, -0.2) is 208 Å². The van der Waals surface area contributed by atoms with Gasteiger partial charge in [0.15, 0.2) is 30.7 Å². The maximum Gasteiger partial charge on any atom is 0.239 e. The van der Waals surface area contributed by atoms with Gasteiger partial charge in [-0.25, -0.2) is 0 Å². The molecule has 350 valence electrons. The molecule has 14 N–H and O–H groups in total. The van der Waals surface area contributed by atoms with E-state index in [4.69, 9.17) is 42.3 Å². The van der Waals surface area contributed by atoms with E-state index in [1.165, 1.54) is 38.1 Å². The van der Waals surface area contributed by atoms with Crippen LogP contribution in [0.15, 0.2) is 45.6 Å². The summed E-state index contributed by atoms with van der Waals surface area (Å²) in [5.41, 5.74) is -1.24. The van der Waals surface area contributed by atoms with Crippen LogP contribution in [0.2, 0.25) is 0 Å². The summed E-state index contributed by atoms with van der Waals surface area (Å²) in [4.78, 5) is 14.1. The van der Waals surface area contributed by atoms with Gasteiger partial charge in [0.2, 0.25) is 17.5 Å². The molecule has 2 aromatic carbocycles. The molecular weight excluding hydrogens is 852 g/mol. The van der Waals surface area contributed by atoms with Crippen molar-refractivity contribution in [2.45, 2.75) is 137 Å². The van der Waals surface area contributed by atoms with Crippen LogP contribution in [0.1, 0.15) is 13.8 Å². The van der Waals surface area contributed by atoms with Gasteiger partial charge in [0.1, 0.15) is 108 Å². The Morgan fingerprint density at radius 3 is 1.83 bits per heavy atom. The van der Waals surface area contributed by atoms with Gasteiger partial charge in [-0.2, -0.15) is 0 Å². The molecule has 4 aliphatic rings. The Hall–Kier alpha value is -3.87. The zero-order chi connectivity index (χ0) is 45.8. The van der Waals surface area contributed by atoms with E-state index < -0.39 is 164 Å². The third-order valence-corrected chi connectivity index (χ3v) is 11.4. The number of phenolic OH excluding ortho intramolecular Hbond substituents is 3. The van der Waals surface area contributed by atoms with E-state index in [1.54, 1.807) is 0 Å². The lowest BCUT2D eigenvalue weighted by Crippen LogP contribution is -2.66. The van der Waals surface area contributed by atoms with Crippen LogP contribution < -0.4 is 10.2 Å². The second kappa shape index (κ2) is 18.9. The molecular formula is C39H50O24. The largest absolute Gasteiger partial charge is 0.508 e. The number of hydrogen-bond acceptors (Lipinski definition) is 24. The fourth-order valence-corrected chi connectivity index (χ4v) is 7.68. The summed E-state index contributed by atoms with van der Waals surface area (Å²) in [7, 11) is 0. The molecule has 4 aliphatic heterocycles. The van der Waals surface area contributed by atoms with Crippen molar-refractivity contribution in [1.82, 2.24) is 0 Å². The fraction of sp³-hybridized carbons (Fsp3) is 0.615. The summed E-state index contributed by atoms with van der Waals surface area (Å²) in [6.45, 7) is 1.15. The van der Waals surface area contributed by atoms with Crippen LogP contribution in [0.3, 0.4) is 0 Å². The maximum atomic E-state index is 14.1. The van der Waals surface area contributed by atoms with Gasteiger partial charge < -0.3 is 114 Å².